The van der Waals surface area contributed by atoms with Gasteiger partial charge in [0.15, 0.2) is 0 Å². The summed E-state index contributed by atoms with van der Waals surface area (Å²) in [4.78, 5) is 11.1. The smallest absolute Gasteiger partial charge is 0.276 e. The average Bonchev–Trinajstić information content (AvgIpc) is 2.26. The summed E-state index contributed by atoms with van der Waals surface area (Å²) in [6, 6.07) is 10.4. The molecular weight excluding hydrogens is 230 g/mol. The third kappa shape index (κ3) is 4.82. The quantitative estimate of drug-likeness (QED) is 0.867. The van der Waals surface area contributed by atoms with Crippen molar-refractivity contribution in [2.24, 2.45) is 17.6 Å². The van der Waals surface area contributed by atoms with Crippen LogP contribution in [-0.2, 0) is 6.42 Å². The van der Waals surface area contributed by atoms with Crippen LogP contribution in [-0.4, -0.2) is 10.5 Å². The first-order chi connectivity index (χ1) is 8.00. The van der Waals surface area contributed by atoms with Crippen LogP contribution in [0.5, 0.6) is 0 Å². The van der Waals surface area contributed by atoms with E-state index in [1.165, 1.54) is 17.3 Å². The van der Waals surface area contributed by atoms with Gasteiger partial charge in [-0.25, -0.2) is 0 Å². The molecule has 3 heteroatoms. The molecule has 0 fully saturated rings. The number of thioether (sulfide) groups is 1. The van der Waals surface area contributed by atoms with Gasteiger partial charge in [0, 0.05) is 5.25 Å². The number of benzene rings is 1. The van der Waals surface area contributed by atoms with Gasteiger partial charge in [-0.05, 0) is 23.8 Å². The Bertz CT molecular complexity index is 350. The second-order valence-electron chi connectivity index (χ2n) is 4.81. The summed E-state index contributed by atoms with van der Waals surface area (Å²) in [5, 5.41) is 0.0105. The zero-order valence-corrected chi connectivity index (χ0v) is 11.5. The molecule has 0 radical (unpaired) electrons. The molecule has 1 aromatic rings. The van der Waals surface area contributed by atoms with Gasteiger partial charge in [0.1, 0.15) is 0 Å². The van der Waals surface area contributed by atoms with Crippen LogP contribution in [0.25, 0.3) is 0 Å². The van der Waals surface area contributed by atoms with Gasteiger partial charge < -0.3 is 5.73 Å². The standard InChI is InChI=1S/C14H21NOS/c1-10(2)13(17-14(15)16)11(3)9-12-7-5-4-6-8-12/h4-8,10-11,13H,9H2,1-3H3,(H2,15,16)/t11?,13-/m0/s1. The lowest BCUT2D eigenvalue weighted by atomic mass is 9.92. The van der Waals surface area contributed by atoms with Crippen molar-refractivity contribution >= 4 is 17.0 Å². The Morgan fingerprint density at radius 1 is 1.24 bits per heavy atom. The first kappa shape index (κ1) is 14.1. The summed E-state index contributed by atoms with van der Waals surface area (Å²) in [5.74, 6) is 0.890. The minimum absolute atomic E-state index is 0.274. The summed E-state index contributed by atoms with van der Waals surface area (Å²) in [6.07, 6.45) is 0.990. The maximum Gasteiger partial charge on any atom is 0.276 e. The van der Waals surface area contributed by atoms with Crippen LogP contribution in [0.2, 0.25) is 0 Å². The van der Waals surface area contributed by atoms with Crippen LogP contribution in [0, 0.1) is 11.8 Å². The van der Waals surface area contributed by atoms with Gasteiger partial charge >= 0.3 is 0 Å². The van der Waals surface area contributed by atoms with Crippen molar-refractivity contribution in [3.05, 3.63) is 35.9 Å². The molecule has 17 heavy (non-hydrogen) atoms. The molecule has 1 unspecified atom stereocenters. The molecule has 0 aliphatic heterocycles. The Hall–Kier alpha value is -0.960. The molecule has 1 aromatic carbocycles. The SMILES string of the molecule is CC(C)[C@H](SC(N)=O)C(C)Cc1ccccc1. The van der Waals surface area contributed by atoms with Crippen molar-refractivity contribution in [1.82, 2.24) is 0 Å². The van der Waals surface area contributed by atoms with Gasteiger partial charge in [-0.3, -0.25) is 4.79 Å². The molecule has 0 aromatic heterocycles. The van der Waals surface area contributed by atoms with Crippen molar-refractivity contribution in [3.63, 3.8) is 0 Å². The van der Waals surface area contributed by atoms with Crippen LogP contribution >= 0.6 is 11.8 Å². The highest BCUT2D eigenvalue weighted by Crippen LogP contribution is 2.29. The predicted octanol–water partition coefficient (Wildman–Crippen LogP) is 3.70. The van der Waals surface area contributed by atoms with E-state index < -0.39 is 0 Å². The molecule has 0 heterocycles. The van der Waals surface area contributed by atoms with E-state index in [-0.39, 0.29) is 10.5 Å². The molecule has 94 valence electrons. The zero-order valence-electron chi connectivity index (χ0n) is 10.7. The van der Waals surface area contributed by atoms with Crippen LogP contribution in [0.15, 0.2) is 30.3 Å². The van der Waals surface area contributed by atoms with Gasteiger partial charge in [-0.1, -0.05) is 62.9 Å². The lowest BCUT2D eigenvalue weighted by Gasteiger charge is -2.25. The summed E-state index contributed by atoms with van der Waals surface area (Å²) in [7, 11) is 0. The van der Waals surface area contributed by atoms with Crippen LogP contribution in [0.3, 0.4) is 0 Å². The highest BCUT2D eigenvalue weighted by Gasteiger charge is 2.23. The fourth-order valence-corrected chi connectivity index (χ4v) is 3.01. The molecule has 0 saturated heterocycles. The summed E-state index contributed by atoms with van der Waals surface area (Å²) >= 11 is 1.27. The molecule has 1 rings (SSSR count). The number of nitrogens with two attached hydrogens (primary N) is 1. The van der Waals surface area contributed by atoms with E-state index in [1.807, 2.05) is 18.2 Å². The largest absolute Gasteiger partial charge is 0.361 e. The number of rotatable bonds is 5. The molecule has 0 saturated carbocycles. The average molecular weight is 251 g/mol. The number of amides is 1. The molecule has 0 aliphatic rings. The van der Waals surface area contributed by atoms with Gasteiger partial charge in [-0.2, -0.15) is 0 Å². The van der Waals surface area contributed by atoms with Crippen molar-refractivity contribution in [2.45, 2.75) is 32.4 Å². The van der Waals surface area contributed by atoms with Gasteiger partial charge in [0.05, 0.1) is 0 Å². The van der Waals surface area contributed by atoms with Crippen molar-refractivity contribution in [2.75, 3.05) is 0 Å². The third-order valence-corrected chi connectivity index (χ3v) is 4.38. The lowest BCUT2D eigenvalue weighted by molar-refractivity contribution is 0.267. The van der Waals surface area contributed by atoms with E-state index in [0.717, 1.165) is 6.42 Å². The summed E-state index contributed by atoms with van der Waals surface area (Å²) < 4.78 is 0. The maximum absolute atomic E-state index is 11.1. The predicted molar refractivity (Wildman–Crippen MR) is 75.1 cm³/mol. The molecule has 2 N–H and O–H groups in total. The van der Waals surface area contributed by atoms with E-state index >= 15 is 0 Å². The highest BCUT2D eigenvalue weighted by atomic mass is 32.2. The molecule has 0 bridgehead atoms. The molecular formula is C14H21NOS. The lowest BCUT2D eigenvalue weighted by Crippen LogP contribution is -2.25. The Labute approximate surface area is 108 Å². The monoisotopic (exact) mass is 251 g/mol. The number of carbonyl (C=O) groups excluding carboxylic acids is 1. The molecule has 0 spiro atoms. The van der Waals surface area contributed by atoms with Gasteiger partial charge in [0.25, 0.3) is 5.24 Å². The van der Waals surface area contributed by atoms with E-state index in [0.29, 0.717) is 11.8 Å². The second kappa shape index (κ2) is 6.70. The first-order valence-electron chi connectivity index (χ1n) is 6.00. The topological polar surface area (TPSA) is 43.1 Å². The van der Waals surface area contributed by atoms with Gasteiger partial charge in [0.2, 0.25) is 0 Å². The molecule has 0 aliphatic carbocycles. The van der Waals surface area contributed by atoms with Crippen molar-refractivity contribution < 1.29 is 4.79 Å². The Morgan fingerprint density at radius 2 is 1.82 bits per heavy atom. The third-order valence-electron chi connectivity index (χ3n) is 2.87. The Balaban J connectivity index is 2.65. The van der Waals surface area contributed by atoms with Crippen LogP contribution in [0.1, 0.15) is 26.3 Å². The van der Waals surface area contributed by atoms with E-state index in [2.05, 4.69) is 32.9 Å². The number of primary amides is 1. The minimum Gasteiger partial charge on any atom is -0.361 e. The Kier molecular flexibility index (Phi) is 5.56. The maximum atomic E-state index is 11.1. The summed E-state index contributed by atoms with van der Waals surface area (Å²) in [5.41, 5.74) is 6.60. The van der Waals surface area contributed by atoms with Crippen LogP contribution in [0.4, 0.5) is 4.79 Å². The van der Waals surface area contributed by atoms with Crippen molar-refractivity contribution in [3.8, 4) is 0 Å². The van der Waals surface area contributed by atoms with E-state index in [9.17, 15) is 4.79 Å². The Morgan fingerprint density at radius 3 is 2.29 bits per heavy atom. The fourth-order valence-electron chi connectivity index (χ4n) is 2.15. The fraction of sp³-hybridized carbons (Fsp3) is 0.500. The number of hydrogen-bond donors (Lipinski definition) is 1. The van der Waals surface area contributed by atoms with E-state index in [1.54, 1.807) is 0 Å². The first-order valence-corrected chi connectivity index (χ1v) is 6.88. The second-order valence-corrected chi connectivity index (χ2v) is 5.99. The summed E-state index contributed by atoms with van der Waals surface area (Å²) in [6.45, 7) is 6.47. The number of carbonyl (C=O) groups is 1. The molecule has 2 nitrogen and oxygen atoms in total. The molecule has 1 amide bonds. The van der Waals surface area contributed by atoms with Crippen molar-refractivity contribution in [1.29, 1.82) is 0 Å². The minimum atomic E-state index is -0.274. The normalized spacial score (nSPS) is 14.6. The zero-order chi connectivity index (χ0) is 12.8. The van der Waals surface area contributed by atoms with Crippen LogP contribution < -0.4 is 5.73 Å². The van der Waals surface area contributed by atoms with E-state index in [4.69, 9.17) is 5.73 Å². The van der Waals surface area contributed by atoms with Gasteiger partial charge in [-0.15, -0.1) is 0 Å². The highest BCUT2D eigenvalue weighted by molar-refractivity contribution is 8.14. The molecule has 2 atom stereocenters. The number of hydrogen-bond acceptors (Lipinski definition) is 2.